The molecule has 0 unspecified atom stereocenters. The van der Waals surface area contributed by atoms with Gasteiger partial charge in [-0.05, 0) is 42.5 Å². The molecule has 5 N–H and O–H groups in total. The molecule has 0 fully saturated rings. The van der Waals surface area contributed by atoms with Crippen molar-refractivity contribution in [3.8, 4) is 0 Å². The van der Waals surface area contributed by atoms with Crippen LogP contribution in [0.2, 0.25) is 0 Å². The second-order valence-electron chi connectivity index (χ2n) is 5.25. The number of nitrogen functional groups attached to an aromatic ring is 1. The molecule has 0 radical (unpaired) electrons. The molecule has 0 bridgehead atoms. The maximum Gasteiger partial charge on any atom is 0.337 e. The fourth-order valence-corrected chi connectivity index (χ4v) is 2.34. The molecule has 0 atom stereocenters. The van der Waals surface area contributed by atoms with Crippen LogP contribution in [0.3, 0.4) is 0 Å². The Kier molecular flexibility index (Phi) is 4.15. The minimum Gasteiger partial charge on any atom is -0.465 e. The summed E-state index contributed by atoms with van der Waals surface area (Å²) in [5, 5.41) is 10.6. The van der Waals surface area contributed by atoms with E-state index in [1.165, 1.54) is 7.11 Å². The van der Waals surface area contributed by atoms with E-state index in [-0.39, 0.29) is 11.8 Å². The number of anilines is 1. The molecule has 7 nitrogen and oxygen atoms in total. The first-order chi connectivity index (χ1) is 11.6. The van der Waals surface area contributed by atoms with Gasteiger partial charge in [0.2, 0.25) is 0 Å². The SMILES string of the molecule is COC(=O)c1ccc2nc(CNc3ccc(C(=N)N)cc3)[nH]c2c1. The number of ether oxygens (including phenoxy) is 1. The van der Waals surface area contributed by atoms with Crippen LogP contribution < -0.4 is 11.1 Å². The van der Waals surface area contributed by atoms with Gasteiger partial charge in [-0.3, -0.25) is 5.41 Å². The number of aromatic amines is 1. The summed E-state index contributed by atoms with van der Waals surface area (Å²) in [5.74, 6) is 0.416. The third-order valence-corrected chi connectivity index (χ3v) is 3.61. The average molecular weight is 323 g/mol. The predicted molar refractivity (Wildman–Crippen MR) is 92.2 cm³/mol. The molecule has 24 heavy (non-hydrogen) atoms. The minimum absolute atomic E-state index is 0.0419. The standard InChI is InChI=1S/C17H17N5O2/c1-24-17(23)11-4-7-13-14(8-11)22-15(21-13)9-20-12-5-2-10(3-6-12)16(18)19/h2-8,20H,9H2,1H3,(H3,18,19)(H,21,22). The maximum atomic E-state index is 11.6. The number of nitrogens with zero attached hydrogens (tertiary/aromatic N) is 1. The van der Waals surface area contributed by atoms with E-state index in [0.29, 0.717) is 17.7 Å². The number of hydrogen-bond acceptors (Lipinski definition) is 5. The van der Waals surface area contributed by atoms with E-state index in [1.54, 1.807) is 30.3 Å². The summed E-state index contributed by atoms with van der Waals surface area (Å²) in [6.45, 7) is 0.502. The van der Waals surface area contributed by atoms with Gasteiger partial charge in [0, 0.05) is 11.3 Å². The largest absolute Gasteiger partial charge is 0.465 e. The van der Waals surface area contributed by atoms with Crippen LogP contribution in [0, 0.1) is 5.41 Å². The first-order valence-electron chi connectivity index (χ1n) is 7.32. The van der Waals surface area contributed by atoms with Gasteiger partial charge in [0.1, 0.15) is 11.7 Å². The molecule has 0 aliphatic rings. The molecule has 0 spiro atoms. The van der Waals surface area contributed by atoms with E-state index in [4.69, 9.17) is 15.9 Å². The van der Waals surface area contributed by atoms with Crippen molar-refractivity contribution in [1.82, 2.24) is 9.97 Å². The Labute approximate surface area is 138 Å². The first-order valence-corrected chi connectivity index (χ1v) is 7.32. The van der Waals surface area contributed by atoms with Crippen molar-refractivity contribution in [2.24, 2.45) is 5.73 Å². The number of H-pyrrole nitrogens is 1. The Morgan fingerprint density at radius 1 is 1.25 bits per heavy atom. The van der Waals surface area contributed by atoms with Gasteiger partial charge >= 0.3 is 5.97 Å². The van der Waals surface area contributed by atoms with Crippen molar-refractivity contribution >= 4 is 28.5 Å². The molecule has 0 saturated heterocycles. The molecule has 3 aromatic rings. The summed E-state index contributed by atoms with van der Waals surface area (Å²) >= 11 is 0. The number of nitrogens with two attached hydrogens (primary N) is 1. The highest BCUT2D eigenvalue weighted by Crippen LogP contribution is 2.16. The van der Waals surface area contributed by atoms with Crippen LogP contribution in [-0.2, 0) is 11.3 Å². The number of imidazole rings is 1. The van der Waals surface area contributed by atoms with Gasteiger partial charge < -0.3 is 20.8 Å². The highest BCUT2D eigenvalue weighted by atomic mass is 16.5. The molecular formula is C17H17N5O2. The number of methoxy groups -OCH3 is 1. The molecule has 1 heterocycles. The summed E-state index contributed by atoms with van der Waals surface area (Å²) < 4.78 is 4.71. The molecule has 2 aromatic carbocycles. The second-order valence-corrected chi connectivity index (χ2v) is 5.25. The van der Waals surface area contributed by atoms with Gasteiger partial charge in [-0.1, -0.05) is 0 Å². The molecule has 3 rings (SSSR count). The van der Waals surface area contributed by atoms with Crippen LogP contribution in [0.4, 0.5) is 5.69 Å². The van der Waals surface area contributed by atoms with E-state index in [0.717, 1.165) is 22.5 Å². The van der Waals surface area contributed by atoms with Crippen molar-refractivity contribution in [2.75, 3.05) is 12.4 Å². The zero-order chi connectivity index (χ0) is 17.1. The van der Waals surface area contributed by atoms with Crippen molar-refractivity contribution in [1.29, 1.82) is 5.41 Å². The quantitative estimate of drug-likeness (QED) is 0.326. The van der Waals surface area contributed by atoms with E-state index in [9.17, 15) is 4.79 Å². The van der Waals surface area contributed by atoms with Crippen molar-refractivity contribution < 1.29 is 9.53 Å². The topological polar surface area (TPSA) is 117 Å². The zero-order valence-corrected chi connectivity index (χ0v) is 13.1. The number of carbonyl (C=O) groups is 1. The lowest BCUT2D eigenvalue weighted by Crippen LogP contribution is -2.10. The Morgan fingerprint density at radius 2 is 1.96 bits per heavy atom. The van der Waals surface area contributed by atoms with Crippen LogP contribution in [0.15, 0.2) is 42.5 Å². The van der Waals surface area contributed by atoms with Crippen LogP contribution in [0.1, 0.15) is 21.7 Å². The lowest BCUT2D eigenvalue weighted by molar-refractivity contribution is 0.0601. The number of nitrogens with one attached hydrogen (secondary N) is 3. The van der Waals surface area contributed by atoms with E-state index in [1.807, 2.05) is 12.1 Å². The van der Waals surface area contributed by atoms with Crippen molar-refractivity contribution in [2.45, 2.75) is 6.54 Å². The molecule has 122 valence electrons. The van der Waals surface area contributed by atoms with Crippen LogP contribution in [0.25, 0.3) is 11.0 Å². The Bertz CT molecular complexity index is 899. The summed E-state index contributed by atoms with van der Waals surface area (Å²) in [5.41, 5.74) is 9.05. The summed E-state index contributed by atoms with van der Waals surface area (Å²) in [6, 6.07) is 12.5. The monoisotopic (exact) mass is 323 g/mol. The maximum absolute atomic E-state index is 11.6. The Balaban J connectivity index is 1.73. The third kappa shape index (κ3) is 3.19. The normalized spacial score (nSPS) is 10.5. The molecule has 7 heteroatoms. The minimum atomic E-state index is -0.378. The van der Waals surface area contributed by atoms with Gasteiger partial charge in [-0.15, -0.1) is 0 Å². The highest BCUT2D eigenvalue weighted by Gasteiger charge is 2.09. The molecular weight excluding hydrogens is 306 g/mol. The van der Waals surface area contributed by atoms with Crippen LogP contribution >= 0.6 is 0 Å². The summed E-state index contributed by atoms with van der Waals surface area (Å²) in [6.07, 6.45) is 0. The van der Waals surface area contributed by atoms with E-state index in [2.05, 4.69) is 15.3 Å². The third-order valence-electron chi connectivity index (χ3n) is 3.61. The smallest absolute Gasteiger partial charge is 0.337 e. The highest BCUT2D eigenvalue weighted by molar-refractivity contribution is 5.95. The Morgan fingerprint density at radius 3 is 2.62 bits per heavy atom. The summed E-state index contributed by atoms with van der Waals surface area (Å²) in [7, 11) is 1.35. The van der Waals surface area contributed by atoms with Crippen molar-refractivity contribution in [3.05, 3.63) is 59.4 Å². The molecule has 0 aliphatic heterocycles. The van der Waals surface area contributed by atoms with Gasteiger partial charge in [-0.2, -0.15) is 0 Å². The predicted octanol–water partition coefficient (Wildman–Crippen LogP) is 2.25. The first kappa shape index (κ1) is 15.5. The fourth-order valence-electron chi connectivity index (χ4n) is 2.34. The van der Waals surface area contributed by atoms with Gasteiger partial charge in [0.15, 0.2) is 0 Å². The fraction of sp³-hybridized carbons (Fsp3) is 0.118. The lowest BCUT2D eigenvalue weighted by Gasteiger charge is -2.05. The number of fused-ring (bicyclic) bond motifs is 1. The number of esters is 1. The Hall–Kier alpha value is -3.35. The zero-order valence-electron chi connectivity index (χ0n) is 13.1. The molecule has 1 aromatic heterocycles. The average Bonchev–Trinajstić information content (AvgIpc) is 3.01. The van der Waals surface area contributed by atoms with Gasteiger partial charge in [0.05, 0.1) is 30.3 Å². The second kappa shape index (κ2) is 6.41. The molecule has 0 saturated carbocycles. The number of rotatable bonds is 5. The molecule has 0 aliphatic carbocycles. The number of hydrogen-bond donors (Lipinski definition) is 4. The van der Waals surface area contributed by atoms with Gasteiger partial charge in [0.25, 0.3) is 0 Å². The van der Waals surface area contributed by atoms with Crippen LogP contribution in [-0.4, -0.2) is 28.9 Å². The van der Waals surface area contributed by atoms with Crippen LogP contribution in [0.5, 0.6) is 0 Å². The lowest BCUT2D eigenvalue weighted by atomic mass is 10.2. The molecule has 0 amide bonds. The number of amidine groups is 1. The summed E-state index contributed by atoms with van der Waals surface area (Å²) in [4.78, 5) is 19.2. The van der Waals surface area contributed by atoms with E-state index >= 15 is 0 Å². The number of aromatic nitrogens is 2. The number of benzene rings is 2. The van der Waals surface area contributed by atoms with Crippen molar-refractivity contribution in [3.63, 3.8) is 0 Å². The van der Waals surface area contributed by atoms with Gasteiger partial charge in [-0.25, -0.2) is 9.78 Å². The number of carbonyl (C=O) groups excluding carboxylic acids is 1. The van der Waals surface area contributed by atoms with E-state index < -0.39 is 0 Å².